The van der Waals surface area contributed by atoms with Gasteiger partial charge >= 0.3 is 0 Å². The first-order chi connectivity index (χ1) is 9.63. The van der Waals surface area contributed by atoms with E-state index in [0.29, 0.717) is 19.7 Å². The molecule has 0 saturated carbocycles. The fourth-order valence-corrected chi connectivity index (χ4v) is 2.54. The lowest BCUT2D eigenvalue weighted by atomic mass is 10.2. The van der Waals surface area contributed by atoms with E-state index in [0.717, 1.165) is 25.3 Å². The Morgan fingerprint density at radius 3 is 2.90 bits per heavy atom. The van der Waals surface area contributed by atoms with E-state index in [1.165, 1.54) is 0 Å². The molecule has 0 bridgehead atoms. The van der Waals surface area contributed by atoms with Crippen molar-refractivity contribution in [2.45, 2.75) is 19.4 Å². The zero-order valence-electron chi connectivity index (χ0n) is 12.4. The molecule has 20 heavy (non-hydrogen) atoms. The van der Waals surface area contributed by atoms with Crippen LogP contribution in [0.15, 0.2) is 6.33 Å². The van der Waals surface area contributed by atoms with Crippen molar-refractivity contribution in [1.29, 1.82) is 0 Å². The van der Waals surface area contributed by atoms with Gasteiger partial charge in [-0.05, 0) is 13.3 Å². The number of methoxy groups -OCH3 is 1. The SMILES string of the molecule is COCCN1CCCN(C(C)c2nncn2C)CC1=O. The monoisotopic (exact) mass is 281 g/mol. The van der Waals surface area contributed by atoms with Gasteiger partial charge in [0.05, 0.1) is 19.2 Å². The molecule has 1 unspecified atom stereocenters. The van der Waals surface area contributed by atoms with Gasteiger partial charge in [-0.25, -0.2) is 0 Å². The molecular formula is C13H23N5O2. The first kappa shape index (κ1) is 14.9. The van der Waals surface area contributed by atoms with Crippen LogP contribution in [0, 0.1) is 0 Å². The average molecular weight is 281 g/mol. The van der Waals surface area contributed by atoms with Crippen LogP contribution in [0.25, 0.3) is 0 Å². The molecule has 0 aliphatic carbocycles. The van der Waals surface area contributed by atoms with E-state index >= 15 is 0 Å². The Bertz CT molecular complexity index is 448. The zero-order chi connectivity index (χ0) is 14.5. The molecule has 1 aromatic rings. The van der Waals surface area contributed by atoms with E-state index in [1.54, 1.807) is 13.4 Å². The minimum atomic E-state index is 0.0915. The minimum Gasteiger partial charge on any atom is -0.383 e. The van der Waals surface area contributed by atoms with Crippen LogP contribution in [0.3, 0.4) is 0 Å². The number of carbonyl (C=O) groups is 1. The summed E-state index contributed by atoms with van der Waals surface area (Å²) in [6, 6.07) is 0.0915. The van der Waals surface area contributed by atoms with E-state index in [2.05, 4.69) is 22.0 Å². The Kier molecular flexibility index (Phi) is 5.08. The van der Waals surface area contributed by atoms with Crippen molar-refractivity contribution < 1.29 is 9.53 Å². The number of hydrogen-bond donors (Lipinski definition) is 0. The summed E-state index contributed by atoms with van der Waals surface area (Å²) >= 11 is 0. The van der Waals surface area contributed by atoms with Crippen LogP contribution in [0.5, 0.6) is 0 Å². The first-order valence-electron chi connectivity index (χ1n) is 6.98. The molecule has 0 radical (unpaired) electrons. The van der Waals surface area contributed by atoms with Crippen LogP contribution in [-0.4, -0.2) is 70.4 Å². The van der Waals surface area contributed by atoms with Crippen molar-refractivity contribution >= 4 is 5.91 Å². The molecule has 112 valence electrons. The van der Waals surface area contributed by atoms with Crippen LogP contribution < -0.4 is 0 Å². The number of aryl methyl sites for hydroxylation is 1. The van der Waals surface area contributed by atoms with E-state index in [1.807, 2.05) is 16.5 Å². The van der Waals surface area contributed by atoms with Crippen LogP contribution in [0.1, 0.15) is 25.2 Å². The van der Waals surface area contributed by atoms with Crippen molar-refractivity contribution in [3.05, 3.63) is 12.2 Å². The average Bonchev–Trinajstić information content (AvgIpc) is 2.77. The van der Waals surface area contributed by atoms with E-state index < -0.39 is 0 Å². The highest BCUT2D eigenvalue weighted by Crippen LogP contribution is 2.19. The number of hydrogen-bond acceptors (Lipinski definition) is 5. The molecule has 1 aliphatic rings. The quantitative estimate of drug-likeness (QED) is 0.763. The van der Waals surface area contributed by atoms with Crippen molar-refractivity contribution in [2.24, 2.45) is 7.05 Å². The molecule has 2 heterocycles. The van der Waals surface area contributed by atoms with Crippen LogP contribution in [0.4, 0.5) is 0 Å². The Labute approximate surface area is 119 Å². The highest BCUT2D eigenvalue weighted by Gasteiger charge is 2.27. The van der Waals surface area contributed by atoms with Crippen LogP contribution in [-0.2, 0) is 16.6 Å². The first-order valence-corrected chi connectivity index (χ1v) is 6.98. The minimum absolute atomic E-state index is 0.0915. The molecule has 1 atom stereocenters. The lowest BCUT2D eigenvalue weighted by molar-refractivity contribution is -0.132. The molecule has 0 N–H and O–H groups in total. The van der Waals surface area contributed by atoms with Gasteiger partial charge in [0.15, 0.2) is 0 Å². The summed E-state index contributed by atoms with van der Waals surface area (Å²) in [5, 5.41) is 8.05. The Balaban J connectivity index is 2.00. The molecule has 0 aromatic carbocycles. The van der Waals surface area contributed by atoms with Crippen LogP contribution >= 0.6 is 0 Å². The van der Waals surface area contributed by atoms with Gasteiger partial charge in [-0.1, -0.05) is 0 Å². The molecular weight excluding hydrogens is 258 g/mol. The molecule has 1 amide bonds. The van der Waals surface area contributed by atoms with E-state index in [-0.39, 0.29) is 11.9 Å². The third kappa shape index (κ3) is 3.34. The number of ether oxygens (including phenoxy) is 1. The maximum absolute atomic E-state index is 12.3. The lowest BCUT2D eigenvalue weighted by Crippen LogP contribution is -2.39. The predicted molar refractivity (Wildman–Crippen MR) is 74.1 cm³/mol. The van der Waals surface area contributed by atoms with Gasteiger partial charge in [-0.3, -0.25) is 9.69 Å². The molecule has 1 aliphatic heterocycles. The third-order valence-electron chi connectivity index (χ3n) is 3.80. The van der Waals surface area contributed by atoms with Gasteiger partial charge in [0.1, 0.15) is 12.2 Å². The Hall–Kier alpha value is -1.47. The summed E-state index contributed by atoms with van der Waals surface area (Å²) in [4.78, 5) is 16.3. The van der Waals surface area contributed by atoms with Crippen molar-refractivity contribution in [3.63, 3.8) is 0 Å². The Morgan fingerprint density at radius 1 is 1.45 bits per heavy atom. The predicted octanol–water partition coefficient (Wildman–Crippen LogP) is 0.0568. The second kappa shape index (κ2) is 6.81. The fraction of sp³-hybridized carbons (Fsp3) is 0.769. The summed E-state index contributed by atoms with van der Waals surface area (Å²) in [5.41, 5.74) is 0. The van der Waals surface area contributed by atoms with Gasteiger partial charge in [0.2, 0.25) is 5.91 Å². The number of nitrogens with zero attached hydrogens (tertiary/aromatic N) is 5. The molecule has 1 fully saturated rings. The van der Waals surface area contributed by atoms with Gasteiger partial charge < -0.3 is 14.2 Å². The largest absolute Gasteiger partial charge is 0.383 e. The van der Waals surface area contributed by atoms with Crippen molar-refractivity contribution in [1.82, 2.24) is 24.6 Å². The second-order valence-corrected chi connectivity index (χ2v) is 5.17. The molecule has 7 heteroatoms. The second-order valence-electron chi connectivity index (χ2n) is 5.17. The van der Waals surface area contributed by atoms with E-state index in [4.69, 9.17) is 4.74 Å². The molecule has 7 nitrogen and oxygen atoms in total. The number of rotatable bonds is 5. The molecule has 1 saturated heterocycles. The zero-order valence-corrected chi connectivity index (χ0v) is 12.4. The van der Waals surface area contributed by atoms with Gasteiger partial charge in [-0.2, -0.15) is 0 Å². The highest BCUT2D eigenvalue weighted by atomic mass is 16.5. The topological polar surface area (TPSA) is 63.5 Å². The van der Waals surface area contributed by atoms with E-state index in [9.17, 15) is 4.79 Å². The van der Waals surface area contributed by atoms with Crippen molar-refractivity contribution in [2.75, 3.05) is 39.9 Å². The summed E-state index contributed by atoms with van der Waals surface area (Å²) in [6.45, 7) is 5.44. The number of carbonyl (C=O) groups excluding carboxylic acids is 1. The standard InChI is InChI=1S/C13H23N5O2/c1-11(13-15-14-10-16(13)2)18-6-4-5-17(7-8-20-3)12(19)9-18/h10-11H,4-9H2,1-3H3. The summed E-state index contributed by atoms with van der Waals surface area (Å²) < 4.78 is 6.96. The number of aromatic nitrogens is 3. The smallest absolute Gasteiger partial charge is 0.236 e. The summed E-state index contributed by atoms with van der Waals surface area (Å²) in [7, 11) is 3.58. The normalized spacial score (nSPS) is 19.1. The molecule has 2 rings (SSSR count). The fourth-order valence-electron chi connectivity index (χ4n) is 2.54. The maximum Gasteiger partial charge on any atom is 0.236 e. The summed E-state index contributed by atoms with van der Waals surface area (Å²) in [5.74, 6) is 1.05. The molecule has 0 spiro atoms. The summed E-state index contributed by atoms with van der Waals surface area (Å²) in [6.07, 6.45) is 2.66. The highest BCUT2D eigenvalue weighted by molar-refractivity contribution is 5.78. The number of amides is 1. The van der Waals surface area contributed by atoms with Gasteiger partial charge in [0, 0.05) is 33.8 Å². The Morgan fingerprint density at radius 2 is 2.25 bits per heavy atom. The van der Waals surface area contributed by atoms with Crippen LogP contribution in [0.2, 0.25) is 0 Å². The third-order valence-corrected chi connectivity index (χ3v) is 3.80. The van der Waals surface area contributed by atoms with Gasteiger partial charge in [-0.15, -0.1) is 10.2 Å². The lowest BCUT2D eigenvalue weighted by Gasteiger charge is -2.26. The van der Waals surface area contributed by atoms with Crippen molar-refractivity contribution in [3.8, 4) is 0 Å². The van der Waals surface area contributed by atoms with Gasteiger partial charge in [0.25, 0.3) is 0 Å². The maximum atomic E-state index is 12.3. The molecule has 1 aromatic heterocycles.